The first-order valence-electron chi connectivity index (χ1n) is 7.00. The average Bonchev–Trinajstić information content (AvgIpc) is 2.81. The van der Waals surface area contributed by atoms with Crippen molar-refractivity contribution in [3.05, 3.63) is 35.4 Å². The predicted molar refractivity (Wildman–Crippen MR) is 72.1 cm³/mol. The number of carbonyl (C=O) groups is 1. The SMILES string of the molecule is CCC(=O)NN1CCC2(CC1)OCc1ccccc12. The molecule has 0 aromatic heterocycles. The molecule has 2 aliphatic rings. The van der Waals surface area contributed by atoms with Gasteiger partial charge in [0.1, 0.15) is 0 Å². The van der Waals surface area contributed by atoms with Crippen LogP contribution in [-0.4, -0.2) is 24.0 Å². The van der Waals surface area contributed by atoms with Crippen molar-refractivity contribution in [3.8, 4) is 0 Å². The van der Waals surface area contributed by atoms with Gasteiger partial charge in [0.2, 0.25) is 5.91 Å². The lowest BCUT2D eigenvalue weighted by molar-refractivity contribution is -0.130. The van der Waals surface area contributed by atoms with E-state index in [0.29, 0.717) is 6.42 Å². The molecule has 0 saturated carbocycles. The van der Waals surface area contributed by atoms with E-state index < -0.39 is 0 Å². The number of nitrogens with zero attached hydrogens (tertiary/aromatic N) is 1. The quantitative estimate of drug-likeness (QED) is 0.883. The van der Waals surface area contributed by atoms with Gasteiger partial charge in [-0.2, -0.15) is 0 Å². The van der Waals surface area contributed by atoms with Crippen molar-refractivity contribution in [3.63, 3.8) is 0 Å². The van der Waals surface area contributed by atoms with Crippen molar-refractivity contribution in [2.45, 2.75) is 38.4 Å². The monoisotopic (exact) mass is 260 g/mol. The standard InChI is InChI=1S/C15H20N2O2/c1-2-14(18)16-17-9-7-15(8-10-17)13-6-4-3-5-12(13)11-19-15/h3-6H,2,7-11H2,1H3,(H,16,18). The molecule has 1 amide bonds. The zero-order chi connectivity index (χ0) is 13.3. The minimum atomic E-state index is -0.121. The molecule has 1 spiro atoms. The lowest BCUT2D eigenvalue weighted by Crippen LogP contribution is -2.50. The maximum Gasteiger partial charge on any atom is 0.233 e. The molecule has 0 atom stereocenters. The van der Waals surface area contributed by atoms with Gasteiger partial charge in [0.15, 0.2) is 0 Å². The highest BCUT2D eigenvalue weighted by Gasteiger charge is 2.42. The number of benzene rings is 1. The van der Waals surface area contributed by atoms with Crippen LogP contribution in [0.25, 0.3) is 0 Å². The summed E-state index contributed by atoms with van der Waals surface area (Å²) in [5.41, 5.74) is 5.47. The van der Waals surface area contributed by atoms with E-state index in [1.54, 1.807) is 0 Å². The molecule has 2 heterocycles. The molecule has 0 unspecified atom stereocenters. The van der Waals surface area contributed by atoms with E-state index in [9.17, 15) is 4.79 Å². The second-order valence-electron chi connectivity index (χ2n) is 5.32. The molecule has 1 fully saturated rings. The number of fused-ring (bicyclic) bond motifs is 2. The zero-order valence-corrected chi connectivity index (χ0v) is 11.3. The van der Waals surface area contributed by atoms with Gasteiger partial charge in [0.05, 0.1) is 12.2 Å². The van der Waals surface area contributed by atoms with Crippen molar-refractivity contribution < 1.29 is 9.53 Å². The topological polar surface area (TPSA) is 41.6 Å². The minimum absolute atomic E-state index is 0.0868. The summed E-state index contributed by atoms with van der Waals surface area (Å²) in [4.78, 5) is 11.4. The molecule has 102 valence electrons. The van der Waals surface area contributed by atoms with E-state index >= 15 is 0 Å². The van der Waals surface area contributed by atoms with Crippen molar-refractivity contribution >= 4 is 5.91 Å². The number of carbonyl (C=O) groups excluding carboxylic acids is 1. The van der Waals surface area contributed by atoms with Crippen LogP contribution < -0.4 is 5.43 Å². The van der Waals surface area contributed by atoms with E-state index in [1.165, 1.54) is 11.1 Å². The molecular formula is C15H20N2O2. The number of nitrogens with one attached hydrogen (secondary N) is 1. The number of ether oxygens (including phenoxy) is 1. The summed E-state index contributed by atoms with van der Waals surface area (Å²) in [6, 6.07) is 8.48. The van der Waals surface area contributed by atoms with Gasteiger partial charge in [-0.1, -0.05) is 31.2 Å². The number of hydrogen-bond donors (Lipinski definition) is 1. The Hall–Kier alpha value is -1.39. The predicted octanol–water partition coefficient (Wildman–Crippen LogP) is 1.95. The minimum Gasteiger partial charge on any atom is -0.365 e. The maximum atomic E-state index is 11.4. The summed E-state index contributed by atoms with van der Waals surface area (Å²) < 4.78 is 6.09. The Bertz CT molecular complexity index is 479. The van der Waals surface area contributed by atoms with Crippen LogP contribution in [0.5, 0.6) is 0 Å². The van der Waals surface area contributed by atoms with Crippen LogP contribution in [-0.2, 0) is 21.7 Å². The van der Waals surface area contributed by atoms with E-state index in [4.69, 9.17) is 4.74 Å². The molecule has 2 aliphatic heterocycles. The largest absolute Gasteiger partial charge is 0.365 e. The molecule has 0 aliphatic carbocycles. The molecule has 1 aromatic carbocycles. The smallest absolute Gasteiger partial charge is 0.233 e. The maximum absolute atomic E-state index is 11.4. The first-order chi connectivity index (χ1) is 9.23. The van der Waals surface area contributed by atoms with Gasteiger partial charge >= 0.3 is 0 Å². The Labute approximate surface area is 113 Å². The van der Waals surface area contributed by atoms with Gasteiger partial charge in [0.25, 0.3) is 0 Å². The molecule has 4 heteroatoms. The van der Waals surface area contributed by atoms with Crippen LogP contribution >= 0.6 is 0 Å². The Morgan fingerprint density at radius 1 is 1.37 bits per heavy atom. The van der Waals surface area contributed by atoms with Gasteiger partial charge in [-0.05, 0) is 24.0 Å². The third-order valence-electron chi connectivity index (χ3n) is 4.19. The Morgan fingerprint density at radius 3 is 2.84 bits per heavy atom. The average molecular weight is 260 g/mol. The number of piperidine rings is 1. The van der Waals surface area contributed by atoms with Crippen LogP contribution in [0, 0.1) is 0 Å². The molecule has 0 bridgehead atoms. The molecule has 0 radical (unpaired) electrons. The van der Waals surface area contributed by atoms with Gasteiger partial charge in [-0.3, -0.25) is 10.2 Å². The second kappa shape index (κ2) is 4.94. The summed E-state index contributed by atoms with van der Waals surface area (Å²) in [5, 5.41) is 2.02. The van der Waals surface area contributed by atoms with Crippen LogP contribution in [0.2, 0.25) is 0 Å². The third kappa shape index (κ3) is 2.26. The summed E-state index contributed by atoms with van der Waals surface area (Å²) in [7, 11) is 0. The van der Waals surface area contributed by atoms with Gasteiger partial charge < -0.3 is 4.74 Å². The molecule has 19 heavy (non-hydrogen) atoms. The summed E-state index contributed by atoms with van der Waals surface area (Å²) in [5.74, 6) is 0.0868. The summed E-state index contributed by atoms with van der Waals surface area (Å²) in [6.45, 7) is 4.29. The van der Waals surface area contributed by atoms with Crippen LogP contribution in [0.3, 0.4) is 0 Å². The molecule has 3 rings (SSSR count). The summed E-state index contributed by atoms with van der Waals surface area (Å²) >= 11 is 0. The lowest BCUT2D eigenvalue weighted by atomic mass is 9.84. The van der Waals surface area contributed by atoms with E-state index in [-0.39, 0.29) is 11.5 Å². The molecule has 4 nitrogen and oxygen atoms in total. The third-order valence-corrected chi connectivity index (χ3v) is 4.19. The fraction of sp³-hybridized carbons (Fsp3) is 0.533. The number of hydrogen-bond acceptors (Lipinski definition) is 3. The fourth-order valence-electron chi connectivity index (χ4n) is 3.03. The van der Waals surface area contributed by atoms with E-state index in [0.717, 1.165) is 32.5 Å². The Balaban J connectivity index is 1.69. The second-order valence-corrected chi connectivity index (χ2v) is 5.32. The molecule has 1 N–H and O–H groups in total. The van der Waals surface area contributed by atoms with Crippen molar-refractivity contribution in [2.24, 2.45) is 0 Å². The summed E-state index contributed by atoms with van der Waals surface area (Å²) in [6.07, 6.45) is 2.41. The van der Waals surface area contributed by atoms with Crippen molar-refractivity contribution in [1.29, 1.82) is 0 Å². The normalized spacial score (nSPS) is 21.3. The van der Waals surface area contributed by atoms with Crippen LogP contribution in [0.4, 0.5) is 0 Å². The van der Waals surface area contributed by atoms with E-state index in [1.807, 2.05) is 11.9 Å². The van der Waals surface area contributed by atoms with Crippen LogP contribution in [0.15, 0.2) is 24.3 Å². The molecule has 1 aromatic rings. The van der Waals surface area contributed by atoms with E-state index in [2.05, 4.69) is 29.7 Å². The highest BCUT2D eigenvalue weighted by atomic mass is 16.5. The highest BCUT2D eigenvalue weighted by molar-refractivity contribution is 5.74. The first kappa shape index (κ1) is 12.6. The number of rotatable bonds is 2. The molecular weight excluding hydrogens is 240 g/mol. The first-order valence-corrected chi connectivity index (χ1v) is 7.00. The van der Waals surface area contributed by atoms with Gasteiger partial charge in [-0.15, -0.1) is 0 Å². The number of hydrazine groups is 1. The molecule has 1 saturated heterocycles. The fourth-order valence-corrected chi connectivity index (χ4v) is 3.03. The van der Waals surface area contributed by atoms with Crippen LogP contribution in [0.1, 0.15) is 37.3 Å². The van der Waals surface area contributed by atoms with Crippen molar-refractivity contribution in [2.75, 3.05) is 13.1 Å². The van der Waals surface area contributed by atoms with Gasteiger partial charge in [-0.25, -0.2) is 5.01 Å². The Morgan fingerprint density at radius 2 is 2.11 bits per heavy atom. The number of amides is 1. The van der Waals surface area contributed by atoms with Gasteiger partial charge in [0, 0.05) is 19.5 Å². The zero-order valence-electron chi connectivity index (χ0n) is 11.3. The Kier molecular flexibility index (Phi) is 3.29. The lowest BCUT2D eigenvalue weighted by Gasteiger charge is -2.39. The highest BCUT2D eigenvalue weighted by Crippen LogP contribution is 2.43. The van der Waals surface area contributed by atoms with Crippen molar-refractivity contribution in [1.82, 2.24) is 10.4 Å².